The average Bonchev–Trinajstić information content (AvgIpc) is 2.24. The largest absolute Gasteiger partial charge is 0.480 e. The molecule has 0 bridgehead atoms. The lowest BCUT2D eigenvalue weighted by Crippen LogP contribution is -2.45. The van der Waals surface area contributed by atoms with Crippen LogP contribution in [0.25, 0.3) is 0 Å². The van der Waals surface area contributed by atoms with Gasteiger partial charge in [0.05, 0.1) is 6.61 Å². The van der Waals surface area contributed by atoms with Gasteiger partial charge in [-0.25, -0.2) is 4.79 Å². The second-order valence-electron chi connectivity index (χ2n) is 4.62. The van der Waals surface area contributed by atoms with E-state index >= 15 is 0 Å². The molecule has 3 N–H and O–H groups in total. The summed E-state index contributed by atoms with van der Waals surface area (Å²) >= 11 is 0. The van der Waals surface area contributed by atoms with Gasteiger partial charge in [0, 0.05) is 5.92 Å². The molecule has 0 saturated heterocycles. The Morgan fingerprint density at radius 1 is 1.12 bits per heavy atom. The number of rotatable bonds is 4. The third kappa shape index (κ3) is 4.73. The molecule has 0 unspecified atom stereocenters. The van der Waals surface area contributed by atoms with Gasteiger partial charge in [-0.2, -0.15) is 0 Å². The van der Waals surface area contributed by atoms with Gasteiger partial charge in [-0.1, -0.05) is 32.1 Å². The van der Waals surface area contributed by atoms with E-state index in [-0.39, 0.29) is 11.8 Å². The van der Waals surface area contributed by atoms with E-state index < -0.39 is 18.6 Å². The SMILES string of the molecule is O=C(N[C@H](CO)C(=O)O)C1CCCCCCC1. The van der Waals surface area contributed by atoms with Crippen LogP contribution in [0.5, 0.6) is 0 Å². The standard InChI is InChI=1S/C12H21NO4/c14-8-10(12(16)17)13-11(15)9-6-4-2-1-3-5-7-9/h9-10,14H,1-8H2,(H,13,15)(H,16,17)/t10-/m1/s1. The van der Waals surface area contributed by atoms with Crippen molar-refractivity contribution in [2.75, 3.05) is 6.61 Å². The Kier molecular flexibility index (Phi) is 5.97. The number of aliphatic hydroxyl groups is 1. The molecule has 98 valence electrons. The number of aliphatic carboxylic acids is 1. The van der Waals surface area contributed by atoms with Crippen LogP contribution in [0.1, 0.15) is 44.9 Å². The normalized spacial score (nSPS) is 20.1. The number of carbonyl (C=O) groups excluding carboxylic acids is 1. The Morgan fingerprint density at radius 3 is 2.12 bits per heavy atom. The number of nitrogens with one attached hydrogen (secondary N) is 1. The Bertz CT molecular complexity index is 259. The lowest BCUT2D eigenvalue weighted by atomic mass is 9.90. The number of hydrogen-bond donors (Lipinski definition) is 3. The molecule has 0 heterocycles. The molecular weight excluding hydrogens is 222 g/mol. The average molecular weight is 243 g/mol. The summed E-state index contributed by atoms with van der Waals surface area (Å²) in [5.41, 5.74) is 0. The predicted molar refractivity (Wildman–Crippen MR) is 62.5 cm³/mol. The number of aliphatic hydroxyl groups excluding tert-OH is 1. The van der Waals surface area contributed by atoms with Crippen LogP contribution in [0, 0.1) is 5.92 Å². The number of amides is 1. The van der Waals surface area contributed by atoms with Crippen molar-refractivity contribution < 1.29 is 19.8 Å². The second kappa shape index (κ2) is 7.27. The van der Waals surface area contributed by atoms with Crippen LogP contribution in [-0.4, -0.2) is 34.7 Å². The molecule has 0 aromatic rings. The lowest BCUT2D eigenvalue weighted by molar-refractivity contribution is -0.143. The zero-order valence-electron chi connectivity index (χ0n) is 10.0. The Morgan fingerprint density at radius 2 is 1.65 bits per heavy atom. The van der Waals surface area contributed by atoms with Crippen LogP contribution in [0.15, 0.2) is 0 Å². The highest BCUT2D eigenvalue weighted by atomic mass is 16.4. The fourth-order valence-electron chi connectivity index (χ4n) is 2.19. The summed E-state index contributed by atoms with van der Waals surface area (Å²) in [5.74, 6) is -1.51. The van der Waals surface area contributed by atoms with Gasteiger partial charge in [-0.3, -0.25) is 4.79 Å². The first-order chi connectivity index (χ1) is 8.15. The highest BCUT2D eigenvalue weighted by Crippen LogP contribution is 2.22. The van der Waals surface area contributed by atoms with Crippen LogP contribution in [0.3, 0.4) is 0 Å². The quantitative estimate of drug-likeness (QED) is 0.685. The molecule has 5 nitrogen and oxygen atoms in total. The van der Waals surface area contributed by atoms with Crippen molar-refractivity contribution in [1.82, 2.24) is 5.32 Å². The maximum atomic E-state index is 11.9. The van der Waals surface area contributed by atoms with Gasteiger partial charge < -0.3 is 15.5 Å². The van der Waals surface area contributed by atoms with Gasteiger partial charge in [0.25, 0.3) is 0 Å². The van der Waals surface area contributed by atoms with Crippen molar-refractivity contribution in [2.24, 2.45) is 5.92 Å². The fraction of sp³-hybridized carbons (Fsp3) is 0.833. The summed E-state index contributed by atoms with van der Waals surface area (Å²) in [6.07, 6.45) is 7.21. The van der Waals surface area contributed by atoms with Crippen LogP contribution >= 0.6 is 0 Å². The van der Waals surface area contributed by atoms with E-state index in [4.69, 9.17) is 10.2 Å². The van der Waals surface area contributed by atoms with E-state index in [9.17, 15) is 9.59 Å². The van der Waals surface area contributed by atoms with Crippen molar-refractivity contribution in [1.29, 1.82) is 0 Å². The summed E-state index contributed by atoms with van der Waals surface area (Å²) in [6, 6.07) is -1.17. The van der Waals surface area contributed by atoms with Gasteiger partial charge in [-0.05, 0) is 12.8 Å². The van der Waals surface area contributed by atoms with E-state index in [0.717, 1.165) is 38.5 Å². The zero-order valence-corrected chi connectivity index (χ0v) is 10.0. The van der Waals surface area contributed by atoms with Gasteiger partial charge in [0.15, 0.2) is 0 Å². The van der Waals surface area contributed by atoms with Crippen LogP contribution in [-0.2, 0) is 9.59 Å². The molecule has 1 atom stereocenters. The molecule has 1 fully saturated rings. The minimum absolute atomic E-state index is 0.0938. The van der Waals surface area contributed by atoms with Gasteiger partial charge in [0.2, 0.25) is 5.91 Å². The molecule has 1 amide bonds. The summed E-state index contributed by atoms with van der Waals surface area (Å²) in [7, 11) is 0. The third-order valence-electron chi connectivity index (χ3n) is 3.27. The Hall–Kier alpha value is -1.10. The maximum absolute atomic E-state index is 11.9. The highest BCUT2D eigenvalue weighted by Gasteiger charge is 2.24. The molecule has 17 heavy (non-hydrogen) atoms. The number of hydrogen-bond acceptors (Lipinski definition) is 3. The number of carboxylic acids is 1. The smallest absolute Gasteiger partial charge is 0.328 e. The minimum Gasteiger partial charge on any atom is -0.480 e. The second-order valence-corrected chi connectivity index (χ2v) is 4.62. The first-order valence-corrected chi connectivity index (χ1v) is 6.29. The predicted octanol–water partition coefficient (Wildman–Crippen LogP) is 0.909. The van der Waals surface area contributed by atoms with Gasteiger partial charge in [0.1, 0.15) is 6.04 Å². The summed E-state index contributed by atoms with van der Waals surface area (Å²) in [6.45, 7) is -0.562. The van der Waals surface area contributed by atoms with E-state index in [0.29, 0.717) is 0 Å². The molecule has 0 aliphatic heterocycles. The van der Waals surface area contributed by atoms with Crippen LogP contribution in [0.2, 0.25) is 0 Å². The summed E-state index contributed by atoms with van der Waals surface area (Å²) in [5, 5.41) is 20.0. The molecule has 1 aliphatic carbocycles. The first-order valence-electron chi connectivity index (χ1n) is 6.29. The Balaban J connectivity index is 2.46. The monoisotopic (exact) mass is 243 g/mol. The lowest BCUT2D eigenvalue weighted by Gasteiger charge is -2.21. The third-order valence-corrected chi connectivity index (χ3v) is 3.27. The molecule has 1 rings (SSSR count). The number of carboxylic acid groups (broad SMARTS) is 1. The van der Waals surface area contributed by atoms with Crippen LogP contribution in [0.4, 0.5) is 0 Å². The van der Waals surface area contributed by atoms with E-state index in [1.807, 2.05) is 0 Å². The van der Waals surface area contributed by atoms with Crippen molar-refractivity contribution in [3.63, 3.8) is 0 Å². The van der Waals surface area contributed by atoms with Crippen LogP contribution < -0.4 is 5.32 Å². The van der Waals surface area contributed by atoms with Gasteiger partial charge >= 0.3 is 5.97 Å². The Labute approximate surface area is 101 Å². The zero-order chi connectivity index (χ0) is 12.7. The molecule has 0 radical (unpaired) electrons. The topological polar surface area (TPSA) is 86.6 Å². The molecule has 1 saturated carbocycles. The van der Waals surface area contributed by atoms with Crippen molar-refractivity contribution in [3.8, 4) is 0 Å². The number of carbonyl (C=O) groups is 2. The molecule has 1 aliphatic rings. The summed E-state index contributed by atoms with van der Waals surface area (Å²) in [4.78, 5) is 22.5. The van der Waals surface area contributed by atoms with Crippen molar-refractivity contribution >= 4 is 11.9 Å². The van der Waals surface area contributed by atoms with Gasteiger partial charge in [-0.15, -0.1) is 0 Å². The van der Waals surface area contributed by atoms with Crippen molar-refractivity contribution in [2.45, 2.75) is 51.0 Å². The maximum Gasteiger partial charge on any atom is 0.328 e. The summed E-state index contributed by atoms with van der Waals surface area (Å²) < 4.78 is 0. The molecule has 5 heteroatoms. The van der Waals surface area contributed by atoms with E-state index in [2.05, 4.69) is 5.32 Å². The highest BCUT2D eigenvalue weighted by molar-refractivity contribution is 5.85. The molecule has 0 aromatic heterocycles. The first kappa shape index (κ1) is 14.0. The fourth-order valence-corrected chi connectivity index (χ4v) is 2.19. The molecule has 0 spiro atoms. The van der Waals surface area contributed by atoms with E-state index in [1.165, 1.54) is 6.42 Å². The molecular formula is C12H21NO4. The van der Waals surface area contributed by atoms with E-state index in [1.54, 1.807) is 0 Å². The molecule has 0 aromatic carbocycles. The van der Waals surface area contributed by atoms with Crippen molar-refractivity contribution in [3.05, 3.63) is 0 Å². The minimum atomic E-state index is -1.19.